The summed E-state index contributed by atoms with van der Waals surface area (Å²) in [7, 11) is 0. The standard InChI is InChI=1S/C13H18O4/c1-13-7-6-10(14)8(2-5-12(16)17)9(13)3-4-11(13)15/h8-9H,2-7H2,1H3,(H,16,17)/p-1/t8?,9-,13-/m0/s1. The Hall–Kier alpha value is -1.19. The molecule has 4 nitrogen and oxygen atoms in total. The van der Waals surface area contributed by atoms with Gasteiger partial charge in [0.15, 0.2) is 0 Å². The van der Waals surface area contributed by atoms with Gasteiger partial charge in [0, 0.05) is 30.1 Å². The first-order valence-corrected chi connectivity index (χ1v) is 6.21. The van der Waals surface area contributed by atoms with Crippen molar-refractivity contribution in [3.05, 3.63) is 0 Å². The number of Topliss-reactive ketones (excluding diaryl/α,β-unsaturated/α-hetero) is 2. The fourth-order valence-corrected chi connectivity index (χ4v) is 3.50. The third-order valence-electron chi connectivity index (χ3n) is 4.59. The molecule has 0 radical (unpaired) electrons. The minimum Gasteiger partial charge on any atom is -0.550 e. The van der Waals surface area contributed by atoms with E-state index in [1.54, 1.807) is 0 Å². The first-order chi connectivity index (χ1) is 7.95. The maximum atomic E-state index is 11.9. The highest BCUT2D eigenvalue weighted by molar-refractivity contribution is 5.92. The van der Waals surface area contributed by atoms with Gasteiger partial charge in [-0.1, -0.05) is 6.92 Å². The Labute approximate surface area is 100 Å². The molecule has 2 rings (SSSR count). The summed E-state index contributed by atoms with van der Waals surface area (Å²) in [6, 6.07) is 0. The van der Waals surface area contributed by atoms with Gasteiger partial charge >= 0.3 is 0 Å². The summed E-state index contributed by atoms with van der Waals surface area (Å²) in [4.78, 5) is 34.2. The van der Waals surface area contributed by atoms with Crippen LogP contribution in [0.2, 0.25) is 0 Å². The van der Waals surface area contributed by atoms with Gasteiger partial charge in [0.1, 0.15) is 11.6 Å². The molecule has 0 spiro atoms. The summed E-state index contributed by atoms with van der Waals surface area (Å²) in [5.41, 5.74) is -0.384. The molecular formula is C13H17O4-. The maximum absolute atomic E-state index is 11.9. The highest BCUT2D eigenvalue weighted by atomic mass is 16.4. The molecule has 17 heavy (non-hydrogen) atoms. The number of ketones is 2. The van der Waals surface area contributed by atoms with Crippen molar-refractivity contribution >= 4 is 17.5 Å². The number of carbonyl (C=O) groups is 3. The van der Waals surface area contributed by atoms with Crippen LogP contribution in [0.3, 0.4) is 0 Å². The number of fused-ring (bicyclic) bond motifs is 1. The molecule has 94 valence electrons. The molecule has 3 atom stereocenters. The lowest BCUT2D eigenvalue weighted by atomic mass is 9.62. The molecule has 0 bridgehead atoms. The van der Waals surface area contributed by atoms with Crippen molar-refractivity contribution in [3.8, 4) is 0 Å². The van der Waals surface area contributed by atoms with Gasteiger partial charge in [-0.25, -0.2) is 0 Å². The van der Waals surface area contributed by atoms with Gasteiger partial charge in [0.2, 0.25) is 0 Å². The molecule has 0 heterocycles. The smallest absolute Gasteiger partial charge is 0.139 e. The van der Waals surface area contributed by atoms with Crippen molar-refractivity contribution in [1.82, 2.24) is 0 Å². The number of rotatable bonds is 3. The van der Waals surface area contributed by atoms with Crippen LogP contribution < -0.4 is 5.11 Å². The minimum absolute atomic E-state index is 0.0515. The number of hydrogen-bond donors (Lipinski definition) is 0. The van der Waals surface area contributed by atoms with Crippen LogP contribution in [-0.2, 0) is 14.4 Å². The Morgan fingerprint density at radius 2 is 2.12 bits per heavy atom. The molecule has 0 N–H and O–H groups in total. The van der Waals surface area contributed by atoms with Crippen molar-refractivity contribution in [1.29, 1.82) is 0 Å². The summed E-state index contributed by atoms with van der Waals surface area (Å²) in [6.07, 6.45) is 2.56. The zero-order valence-corrected chi connectivity index (χ0v) is 10.0. The van der Waals surface area contributed by atoms with Gasteiger partial charge in [0.05, 0.1) is 0 Å². The van der Waals surface area contributed by atoms with E-state index in [1.165, 1.54) is 0 Å². The Kier molecular flexibility index (Phi) is 3.06. The molecule has 4 heteroatoms. The molecule has 2 fully saturated rings. The molecular weight excluding hydrogens is 220 g/mol. The van der Waals surface area contributed by atoms with Gasteiger partial charge in [-0.2, -0.15) is 0 Å². The monoisotopic (exact) mass is 237 g/mol. The lowest BCUT2D eigenvalue weighted by Gasteiger charge is -2.39. The largest absolute Gasteiger partial charge is 0.550 e. The summed E-state index contributed by atoms with van der Waals surface area (Å²) in [5, 5.41) is 10.5. The molecule has 1 unspecified atom stereocenters. The van der Waals surface area contributed by atoms with Crippen molar-refractivity contribution in [3.63, 3.8) is 0 Å². The van der Waals surface area contributed by atoms with Crippen LogP contribution >= 0.6 is 0 Å². The predicted octanol–water partition coefficient (Wildman–Crippen LogP) is 0.481. The van der Waals surface area contributed by atoms with Crippen LogP contribution in [-0.4, -0.2) is 17.5 Å². The first-order valence-electron chi connectivity index (χ1n) is 6.21. The maximum Gasteiger partial charge on any atom is 0.139 e. The SMILES string of the molecule is C[C@]12CCC(=O)C(CCC(=O)[O-])[C@@H]1CCC2=O. The second-order valence-electron chi connectivity index (χ2n) is 5.47. The molecule has 0 aromatic carbocycles. The topological polar surface area (TPSA) is 74.3 Å². The van der Waals surface area contributed by atoms with E-state index in [0.717, 1.165) is 6.42 Å². The fourth-order valence-electron chi connectivity index (χ4n) is 3.50. The van der Waals surface area contributed by atoms with Crippen LogP contribution in [0.1, 0.15) is 45.4 Å². The summed E-state index contributed by atoms with van der Waals surface area (Å²) in [6.45, 7) is 1.94. The van der Waals surface area contributed by atoms with Crippen LogP contribution in [0.4, 0.5) is 0 Å². The van der Waals surface area contributed by atoms with Gasteiger partial charge in [-0.3, -0.25) is 9.59 Å². The van der Waals surface area contributed by atoms with E-state index in [-0.39, 0.29) is 35.2 Å². The average Bonchev–Trinajstić information content (AvgIpc) is 2.55. The number of aliphatic carboxylic acids is 1. The zero-order valence-electron chi connectivity index (χ0n) is 10.0. The summed E-state index contributed by atoms with van der Waals surface area (Å²) in [5.74, 6) is -0.944. The zero-order chi connectivity index (χ0) is 12.6. The lowest BCUT2D eigenvalue weighted by molar-refractivity contribution is -0.306. The molecule has 0 aromatic rings. The second-order valence-corrected chi connectivity index (χ2v) is 5.47. The molecule has 0 saturated heterocycles. The molecule has 0 aliphatic heterocycles. The minimum atomic E-state index is -1.12. The Bertz CT molecular complexity index is 374. The van der Waals surface area contributed by atoms with Crippen molar-refractivity contribution in [2.75, 3.05) is 0 Å². The van der Waals surface area contributed by atoms with E-state index in [2.05, 4.69) is 0 Å². The molecule has 2 aliphatic carbocycles. The van der Waals surface area contributed by atoms with Crippen molar-refractivity contribution < 1.29 is 19.5 Å². The predicted molar refractivity (Wildman–Crippen MR) is 57.8 cm³/mol. The van der Waals surface area contributed by atoms with E-state index >= 15 is 0 Å². The Balaban J connectivity index is 2.15. The van der Waals surface area contributed by atoms with Gasteiger partial charge in [-0.15, -0.1) is 0 Å². The molecule has 0 amide bonds. The second kappa shape index (κ2) is 4.24. The van der Waals surface area contributed by atoms with Gasteiger partial charge in [-0.05, 0) is 31.6 Å². The fraction of sp³-hybridized carbons (Fsp3) is 0.769. The number of carbonyl (C=O) groups excluding carboxylic acids is 3. The van der Waals surface area contributed by atoms with Crippen LogP contribution in [0.25, 0.3) is 0 Å². The highest BCUT2D eigenvalue weighted by Gasteiger charge is 2.53. The Morgan fingerprint density at radius 3 is 2.76 bits per heavy atom. The first kappa shape index (κ1) is 12.3. The number of hydrogen-bond acceptors (Lipinski definition) is 4. The summed E-state index contributed by atoms with van der Waals surface area (Å²) >= 11 is 0. The third-order valence-corrected chi connectivity index (χ3v) is 4.59. The van der Waals surface area contributed by atoms with Crippen molar-refractivity contribution in [2.24, 2.45) is 17.3 Å². The van der Waals surface area contributed by atoms with Crippen molar-refractivity contribution in [2.45, 2.75) is 45.4 Å². The van der Waals surface area contributed by atoms with Gasteiger partial charge < -0.3 is 9.90 Å². The van der Waals surface area contributed by atoms with E-state index < -0.39 is 5.97 Å². The van der Waals surface area contributed by atoms with E-state index in [9.17, 15) is 19.5 Å². The van der Waals surface area contributed by atoms with E-state index in [0.29, 0.717) is 25.7 Å². The average molecular weight is 237 g/mol. The quantitative estimate of drug-likeness (QED) is 0.715. The van der Waals surface area contributed by atoms with E-state index in [4.69, 9.17) is 0 Å². The number of carboxylic acids is 1. The lowest BCUT2D eigenvalue weighted by Crippen LogP contribution is -2.42. The van der Waals surface area contributed by atoms with E-state index in [1.807, 2.05) is 6.92 Å². The van der Waals surface area contributed by atoms with Crippen LogP contribution in [0, 0.1) is 17.3 Å². The molecule has 2 saturated carbocycles. The number of carboxylic acid groups (broad SMARTS) is 1. The summed E-state index contributed by atoms with van der Waals surface area (Å²) < 4.78 is 0. The molecule has 0 aromatic heterocycles. The van der Waals surface area contributed by atoms with Gasteiger partial charge in [0.25, 0.3) is 0 Å². The van der Waals surface area contributed by atoms with Crippen LogP contribution in [0.15, 0.2) is 0 Å². The van der Waals surface area contributed by atoms with Crippen LogP contribution in [0.5, 0.6) is 0 Å². The normalized spacial score (nSPS) is 37.0. The Morgan fingerprint density at radius 1 is 1.41 bits per heavy atom. The molecule has 2 aliphatic rings. The highest BCUT2D eigenvalue weighted by Crippen LogP contribution is 2.52. The third kappa shape index (κ3) is 2.01.